The summed E-state index contributed by atoms with van der Waals surface area (Å²) >= 11 is 0.533. The first-order valence-electron chi connectivity index (χ1n) is 5.95. The van der Waals surface area contributed by atoms with Gasteiger partial charge in [-0.15, -0.1) is 11.3 Å². The molecule has 0 spiro atoms. The monoisotopic (exact) mass is 341 g/mol. The largest absolute Gasteiger partial charge is 0.477 e. The minimum absolute atomic E-state index is 0.141. The van der Waals surface area contributed by atoms with Gasteiger partial charge in [0.1, 0.15) is 15.2 Å². The Hall–Kier alpha value is -1.10. The second-order valence-corrected chi connectivity index (χ2v) is 8.00. The Morgan fingerprint density at radius 3 is 2.62 bits per heavy atom. The molecule has 1 aliphatic rings. The Balaban J connectivity index is 2.35. The molecular formula is C11H13F2NO5S2. The summed E-state index contributed by atoms with van der Waals surface area (Å²) in [6, 6.07) is 1.16. The average Bonchev–Trinajstić information content (AvgIpc) is 2.75. The molecule has 1 fully saturated rings. The van der Waals surface area contributed by atoms with Crippen molar-refractivity contribution in [2.24, 2.45) is 0 Å². The van der Waals surface area contributed by atoms with Gasteiger partial charge in [-0.25, -0.2) is 22.0 Å². The number of aliphatic hydroxyl groups excluding tert-OH is 1. The molecule has 0 radical (unpaired) electrons. The molecule has 0 aromatic carbocycles. The fraction of sp³-hybridized carbons (Fsp3) is 0.545. The van der Waals surface area contributed by atoms with Crippen LogP contribution in [0, 0.1) is 6.92 Å². The molecular weight excluding hydrogens is 328 g/mol. The number of nitrogens with zero attached hydrogens (tertiary/aromatic N) is 1. The number of carboxylic acid groups (broad SMARTS) is 1. The van der Waals surface area contributed by atoms with Crippen LogP contribution in [0.25, 0.3) is 0 Å². The van der Waals surface area contributed by atoms with Crippen molar-refractivity contribution in [2.75, 3.05) is 13.1 Å². The number of rotatable bonds is 3. The zero-order valence-electron chi connectivity index (χ0n) is 10.9. The zero-order chi connectivity index (χ0) is 16.0. The third-order valence-corrected chi connectivity index (χ3v) is 6.73. The van der Waals surface area contributed by atoms with E-state index in [1.807, 2.05) is 0 Å². The third-order valence-electron chi connectivity index (χ3n) is 3.21. The topological polar surface area (TPSA) is 94.9 Å². The van der Waals surface area contributed by atoms with Crippen molar-refractivity contribution in [3.8, 4) is 0 Å². The number of aryl methyl sites for hydroxylation is 1. The molecule has 118 valence electrons. The van der Waals surface area contributed by atoms with Crippen molar-refractivity contribution < 1.29 is 32.2 Å². The van der Waals surface area contributed by atoms with Crippen LogP contribution >= 0.6 is 11.3 Å². The summed E-state index contributed by atoms with van der Waals surface area (Å²) in [6.07, 6.45) is -2.24. The number of aliphatic hydroxyl groups is 1. The number of aromatic carboxylic acids is 1. The van der Waals surface area contributed by atoms with Gasteiger partial charge in [0.15, 0.2) is 0 Å². The first-order chi connectivity index (χ1) is 9.55. The van der Waals surface area contributed by atoms with Crippen LogP contribution in [-0.2, 0) is 10.0 Å². The van der Waals surface area contributed by atoms with E-state index < -0.39 is 34.6 Å². The fourth-order valence-electron chi connectivity index (χ4n) is 2.02. The molecule has 0 saturated carbocycles. The molecule has 10 heteroatoms. The highest BCUT2D eigenvalue weighted by molar-refractivity contribution is 7.91. The maximum Gasteiger partial charge on any atom is 0.346 e. The highest BCUT2D eigenvalue weighted by Gasteiger charge is 2.47. The normalized spacial score (nSPS) is 23.1. The van der Waals surface area contributed by atoms with E-state index in [1.54, 1.807) is 0 Å². The van der Waals surface area contributed by atoms with Crippen LogP contribution in [0.3, 0.4) is 0 Å². The molecule has 1 aromatic heterocycles. The summed E-state index contributed by atoms with van der Waals surface area (Å²) in [4.78, 5) is 10.8. The van der Waals surface area contributed by atoms with E-state index >= 15 is 0 Å². The van der Waals surface area contributed by atoms with Gasteiger partial charge < -0.3 is 10.2 Å². The number of piperidine rings is 1. The van der Waals surface area contributed by atoms with Crippen molar-refractivity contribution in [2.45, 2.75) is 29.6 Å². The van der Waals surface area contributed by atoms with Crippen molar-refractivity contribution in [1.82, 2.24) is 4.31 Å². The molecule has 1 saturated heterocycles. The van der Waals surface area contributed by atoms with E-state index in [4.69, 9.17) is 10.2 Å². The molecule has 1 atom stereocenters. The van der Waals surface area contributed by atoms with Crippen molar-refractivity contribution in [1.29, 1.82) is 0 Å². The zero-order valence-corrected chi connectivity index (χ0v) is 12.5. The molecule has 1 aromatic rings. The van der Waals surface area contributed by atoms with E-state index in [2.05, 4.69) is 0 Å². The van der Waals surface area contributed by atoms with Crippen molar-refractivity contribution >= 4 is 27.3 Å². The van der Waals surface area contributed by atoms with Crippen molar-refractivity contribution in [3.05, 3.63) is 16.5 Å². The highest BCUT2D eigenvalue weighted by atomic mass is 32.2. The van der Waals surface area contributed by atoms with Gasteiger partial charge in [0.25, 0.3) is 15.9 Å². The molecule has 0 aliphatic carbocycles. The molecule has 2 heterocycles. The molecule has 1 aliphatic heterocycles. The number of hydrogen-bond acceptors (Lipinski definition) is 5. The van der Waals surface area contributed by atoms with Crippen LogP contribution < -0.4 is 0 Å². The Morgan fingerprint density at radius 2 is 2.14 bits per heavy atom. The summed E-state index contributed by atoms with van der Waals surface area (Å²) in [5.74, 6) is -4.79. The second kappa shape index (κ2) is 5.27. The Labute approximate surface area is 123 Å². The van der Waals surface area contributed by atoms with Crippen LogP contribution in [0.4, 0.5) is 8.78 Å². The lowest BCUT2D eigenvalue weighted by Gasteiger charge is -2.34. The lowest BCUT2D eigenvalue weighted by Crippen LogP contribution is -2.53. The molecule has 1 unspecified atom stereocenters. The van der Waals surface area contributed by atoms with Gasteiger partial charge in [-0.05, 0) is 25.0 Å². The van der Waals surface area contributed by atoms with Gasteiger partial charge in [0.2, 0.25) is 0 Å². The standard InChI is InChI=1S/C11H13F2NO5S2/c1-6-4-8(20-9(6)10(16)17)21(18,19)14-3-2-7(15)11(12,13)5-14/h4,7,15H,2-3,5H2,1H3,(H,16,17). The highest BCUT2D eigenvalue weighted by Crippen LogP contribution is 2.34. The van der Waals surface area contributed by atoms with Crippen LogP contribution in [0.2, 0.25) is 0 Å². The lowest BCUT2D eigenvalue weighted by molar-refractivity contribution is -0.136. The molecule has 21 heavy (non-hydrogen) atoms. The van der Waals surface area contributed by atoms with E-state index in [0.29, 0.717) is 15.6 Å². The van der Waals surface area contributed by atoms with Gasteiger partial charge in [-0.1, -0.05) is 0 Å². The van der Waals surface area contributed by atoms with Crippen LogP contribution in [-0.4, -0.2) is 54.0 Å². The number of halogens is 2. The van der Waals surface area contributed by atoms with Gasteiger partial charge in [-0.3, -0.25) is 0 Å². The minimum atomic E-state index is -4.19. The van der Waals surface area contributed by atoms with Crippen LogP contribution in [0.15, 0.2) is 10.3 Å². The second-order valence-electron chi connectivity index (χ2n) is 4.79. The Morgan fingerprint density at radius 1 is 1.52 bits per heavy atom. The van der Waals surface area contributed by atoms with Gasteiger partial charge >= 0.3 is 5.97 Å². The van der Waals surface area contributed by atoms with Gasteiger partial charge in [0.05, 0.1) is 6.54 Å². The van der Waals surface area contributed by atoms with Crippen molar-refractivity contribution in [3.63, 3.8) is 0 Å². The van der Waals surface area contributed by atoms with E-state index in [9.17, 15) is 22.0 Å². The first kappa shape index (κ1) is 16.3. The smallest absolute Gasteiger partial charge is 0.346 e. The van der Waals surface area contributed by atoms with E-state index in [0.717, 1.165) is 6.07 Å². The summed E-state index contributed by atoms with van der Waals surface area (Å²) in [7, 11) is -4.19. The van der Waals surface area contributed by atoms with Gasteiger partial charge in [0, 0.05) is 6.54 Å². The predicted molar refractivity (Wildman–Crippen MR) is 70.3 cm³/mol. The molecule has 6 nitrogen and oxygen atoms in total. The minimum Gasteiger partial charge on any atom is -0.477 e. The summed E-state index contributed by atoms with van der Waals surface area (Å²) in [5.41, 5.74) is 0.259. The average molecular weight is 341 g/mol. The molecule has 2 N–H and O–H groups in total. The SMILES string of the molecule is Cc1cc(S(=O)(=O)N2CCC(O)C(F)(F)C2)sc1C(=O)O. The third kappa shape index (κ3) is 2.93. The Bertz CT molecular complexity index is 670. The number of alkyl halides is 2. The molecule has 0 amide bonds. The fourth-order valence-corrected chi connectivity index (χ4v) is 5.02. The van der Waals surface area contributed by atoms with Gasteiger partial charge in [-0.2, -0.15) is 4.31 Å². The predicted octanol–water partition coefficient (Wildman–Crippen LogP) is 1.15. The van der Waals surface area contributed by atoms with Crippen LogP contribution in [0.1, 0.15) is 21.7 Å². The van der Waals surface area contributed by atoms with E-state index in [-0.39, 0.29) is 27.6 Å². The first-order valence-corrected chi connectivity index (χ1v) is 8.21. The maximum atomic E-state index is 13.5. The summed E-state index contributed by atoms with van der Waals surface area (Å²) in [5, 5.41) is 18.1. The lowest BCUT2D eigenvalue weighted by atomic mass is 10.1. The molecule has 2 rings (SSSR count). The van der Waals surface area contributed by atoms with E-state index in [1.165, 1.54) is 6.92 Å². The number of hydrogen-bond donors (Lipinski definition) is 2. The number of carbonyl (C=O) groups is 1. The quantitative estimate of drug-likeness (QED) is 0.860. The van der Waals surface area contributed by atoms with Crippen LogP contribution in [0.5, 0.6) is 0 Å². The molecule has 0 bridgehead atoms. The maximum absolute atomic E-state index is 13.5. The summed E-state index contributed by atoms with van der Waals surface area (Å²) in [6.45, 7) is 0.0851. The summed E-state index contributed by atoms with van der Waals surface area (Å²) < 4.78 is 51.8. The Kier molecular flexibility index (Phi) is 4.08. The number of thiophene rings is 1. The number of sulfonamides is 1. The number of carboxylic acids is 1.